The van der Waals surface area contributed by atoms with Crippen molar-refractivity contribution < 1.29 is 4.39 Å². The number of hydrogen-bond donors (Lipinski definition) is 2. The lowest BCUT2D eigenvalue weighted by Gasteiger charge is -2.03. The lowest BCUT2D eigenvalue weighted by molar-refractivity contribution is 0.628. The molecule has 0 amide bonds. The maximum Gasteiger partial charge on any atom is 0.132 e. The Hall–Kier alpha value is -1.49. The molecule has 1 heterocycles. The number of nitrogens with two attached hydrogens (primary N) is 1. The summed E-state index contributed by atoms with van der Waals surface area (Å²) >= 11 is 1.50. The van der Waals surface area contributed by atoms with Crippen molar-refractivity contribution in [1.82, 2.24) is 10.2 Å². The van der Waals surface area contributed by atoms with E-state index in [9.17, 15) is 4.39 Å². The monoisotopic (exact) mass is 223 g/mol. The first-order valence-electron chi connectivity index (χ1n) is 4.35. The number of nitrogen functional groups attached to an aromatic ring is 1. The van der Waals surface area contributed by atoms with Crippen molar-refractivity contribution in [2.75, 3.05) is 12.0 Å². The van der Waals surface area contributed by atoms with Gasteiger partial charge in [-0.2, -0.15) is 5.10 Å². The summed E-state index contributed by atoms with van der Waals surface area (Å²) in [6.07, 6.45) is 3.42. The van der Waals surface area contributed by atoms with Gasteiger partial charge in [0.05, 0.1) is 6.20 Å². The summed E-state index contributed by atoms with van der Waals surface area (Å²) in [5.74, 6) is 0.0979. The smallest absolute Gasteiger partial charge is 0.132 e. The molecule has 5 heteroatoms. The zero-order valence-electron chi connectivity index (χ0n) is 8.12. The van der Waals surface area contributed by atoms with Gasteiger partial charge in [-0.1, -0.05) is 6.07 Å². The van der Waals surface area contributed by atoms with E-state index in [4.69, 9.17) is 5.73 Å². The molecule has 2 aromatic rings. The van der Waals surface area contributed by atoms with E-state index in [2.05, 4.69) is 10.2 Å². The highest BCUT2D eigenvalue weighted by atomic mass is 32.2. The van der Waals surface area contributed by atoms with Gasteiger partial charge in [0.25, 0.3) is 0 Å². The third-order valence-electron chi connectivity index (χ3n) is 2.14. The molecule has 0 radical (unpaired) electrons. The summed E-state index contributed by atoms with van der Waals surface area (Å²) < 4.78 is 13.7. The molecule has 0 saturated heterocycles. The van der Waals surface area contributed by atoms with Gasteiger partial charge in [0.1, 0.15) is 11.6 Å². The Morgan fingerprint density at radius 3 is 2.73 bits per heavy atom. The van der Waals surface area contributed by atoms with Crippen LogP contribution in [-0.4, -0.2) is 16.5 Å². The second-order valence-corrected chi connectivity index (χ2v) is 3.92. The van der Waals surface area contributed by atoms with Crippen LogP contribution in [0.5, 0.6) is 0 Å². The predicted octanol–water partition coefficient (Wildman–Crippen LogP) is 2.52. The number of thioether (sulfide) groups is 1. The van der Waals surface area contributed by atoms with Crippen LogP contribution < -0.4 is 5.73 Å². The molecule has 1 aromatic heterocycles. The third kappa shape index (κ3) is 1.83. The standard InChI is InChI=1S/C10H10FN3S/c1-15-6-2-3-7(9(11)4-6)8-5-13-14-10(8)12/h2-5H,1H3,(H3,12,13,14). The quantitative estimate of drug-likeness (QED) is 0.769. The molecule has 3 N–H and O–H groups in total. The first kappa shape index (κ1) is 10.0. The zero-order valence-corrected chi connectivity index (χ0v) is 8.94. The molecule has 1 aromatic carbocycles. The van der Waals surface area contributed by atoms with E-state index in [1.165, 1.54) is 24.0 Å². The maximum atomic E-state index is 13.7. The van der Waals surface area contributed by atoms with Gasteiger partial charge < -0.3 is 5.73 Å². The van der Waals surface area contributed by atoms with Crippen LogP contribution in [0.15, 0.2) is 29.3 Å². The molecule has 15 heavy (non-hydrogen) atoms. The molecular formula is C10H10FN3S. The molecule has 78 valence electrons. The van der Waals surface area contributed by atoms with E-state index in [-0.39, 0.29) is 5.82 Å². The topological polar surface area (TPSA) is 54.7 Å². The second-order valence-electron chi connectivity index (χ2n) is 3.04. The molecule has 0 spiro atoms. The van der Waals surface area contributed by atoms with E-state index < -0.39 is 0 Å². The van der Waals surface area contributed by atoms with E-state index in [0.717, 1.165) is 4.90 Å². The van der Waals surface area contributed by atoms with Crippen LogP contribution in [0.4, 0.5) is 10.2 Å². The van der Waals surface area contributed by atoms with Crippen LogP contribution in [0.25, 0.3) is 11.1 Å². The number of nitrogens with zero attached hydrogens (tertiary/aromatic N) is 1. The Labute approximate surface area is 90.9 Å². The molecule has 0 atom stereocenters. The summed E-state index contributed by atoms with van der Waals surface area (Å²) in [5, 5.41) is 6.34. The molecule has 0 unspecified atom stereocenters. The molecule has 3 nitrogen and oxygen atoms in total. The molecule has 0 saturated carbocycles. The number of nitrogens with one attached hydrogen (secondary N) is 1. The first-order valence-corrected chi connectivity index (χ1v) is 5.57. The summed E-state index contributed by atoms with van der Waals surface area (Å²) in [6.45, 7) is 0. The van der Waals surface area contributed by atoms with Gasteiger partial charge in [-0.3, -0.25) is 5.10 Å². The van der Waals surface area contributed by atoms with Gasteiger partial charge >= 0.3 is 0 Å². The van der Waals surface area contributed by atoms with Gasteiger partial charge in [0.2, 0.25) is 0 Å². The second kappa shape index (κ2) is 3.94. The van der Waals surface area contributed by atoms with Crippen molar-refractivity contribution in [2.24, 2.45) is 0 Å². The normalized spacial score (nSPS) is 10.5. The lowest BCUT2D eigenvalue weighted by atomic mass is 10.1. The number of aromatic amines is 1. The minimum atomic E-state index is -0.282. The van der Waals surface area contributed by atoms with Crippen molar-refractivity contribution >= 4 is 17.6 Å². The average molecular weight is 223 g/mol. The fraction of sp³-hybridized carbons (Fsp3) is 0.100. The number of halogens is 1. The van der Waals surface area contributed by atoms with Crippen LogP contribution in [0.2, 0.25) is 0 Å². The van der Waals surface area contributed by atoms with Crippen molar-refractivity contribution in [3.8, 4) is 11.1 Å². The number of rotatable bonds is 2. The summed E-state index contributed by atoms with van der Waals surface area (Å²) in [7, 11) is 0. The molecule has 0 aliphatic carbocycles. The first-order chi connectivity index (χ1) is 7.22. The Balaban J connectivity index is 2.50. The Kier molecular flexibility index (Phi) is 2.64. The van der Waals surface area contributed by atoms with Crippen LogP contribution >= 0.6 is 11.8 Å². The molecule has 0 aliphatic rings. The number of hydrogen-bond acceptors (Lipinski definition) is 3. The third-order valence-corrected chi connectivity index (χ3v) is 2.86. The van der Waals surface area contributed by atoms with Gasteiger partial charge in [0, 0.05) is 16.0 Å². The van der Waals surface area contributed by atoms with Crippen LogP contribution in [0.1, 0.15) is 0 Å². The van der Waals surface area contributed by atoms with Crippen LogP contribution in [0.3, 0.4) is 0 Å². The maximum absolute atomic E-state index is 13.7. The fourth-order valence-electron chi connectivity index (χ4n) is 1.35. The molecule has 0 bridgehead atoms. The van der Waals surface area contributed by atoms with Gasteiger partial charge in [-0.15, -0.1) is 11.8 Å². The highest BCUT2D eigenvalue weighted by Crippen LogP contribution is 2.28. The number of benzene rings is 1. The van der Waals surface area contributed by atoms with Crippen molar-refractivity contribution in [2.45, 2.75) is 4.90 Å². The molecule has 0 fully saturated rings. The highest BCUT2D eigenvalue weighted by Gasteiger charge is 2.10. The molecule has 0 aliphatic heterocycles. The minimum Gasteiger partial charge on any atom is -0.384 e. The number of aromatic nitrogens is 2. The van der Waals surface area contributed by atoms with E-state index in [1.54, 1.807) is 6.07 Å². The zero-order chi connectivity index (χ0) is 10.8. The van der Waals surface area contributed by atoms with E-state index >= 15 is 0 Å². The summed E-state index contributed by atoms with van der Waals surface area (Å²) in [4.78, 5) is 0.887. The van der Waals surface area contributed by atoms with Crippen molar-refractivity contribution in [3.63, 3.8) is 0 Å². The molecule has 2 rings (SSSR count). The van der Waals surface area contributed by atoms with Gasteiger partial charge in [0.15, 0.2) is 0 Å². The SMILES string of the molecule is CSc1ccc(-c2cn[nH]c2N)c(F)c1. The Morgan fingerprint density at radius 2 is 2.20 bits per heavy atom. The highest BCUT2D eigenvalue weighted by molar-refractivity contribution is 7.98. The summed E-state index contributed by atoms with van der Waals surface area (Å²) in [5.41, 5.74) is 6.69. The van der Waals surface area contributed by atoms with Gasteiger partial charge in [-0.25, -0.2) is 4.39 Å². The summed E-state index contributed by atoms with van der Waals surface area (Å²) in [6, 6.07) is 5.06. The fourth-order valence-corrected chi connectivity index (χ4v) is 1.78. The van der Waals surface area contributed by atoms with Gasteiger partial charge in [-0.05, 0) is 18.4 Å². The predicted molar refractivity (Wildman–Crippen MR) is 60.2 cm³/mol. The minimum absolute atomic E-state index is 0.282. The number of anilines is 1. The van der Waals surface area contributed by atoms with Crippen LogP contribution in [0, 0.1) is 5.82 Å². The lowest BCUT2D eigenvalue weighted by Crippen LogP contribution is -1.90. The Bertz CT molecular complexity index is 481. The van der Waals surface area contributed by atoms with Crippen molar-refractivity contribution in [3.05, 3.63) is 30.2 Å². The average Bonchev–Trinajstić information content (AvgIpc) is 2.64. The van der Waals surface area contributed by atoms with Crippen molar-refractivity contribution in [1.29, 1.82) is 0 Å². The molecular weight excluding hydrogens is 213 g/mol. The van der Waals surface area contributed by atoms with E-state index in [1.807, 2.05) is 12.3 Å². The van der Waals surface area contributed by atoms with Crippen LogP contribution in [-0.2, 0) is 0 Å². The van der Waals surface area contributed by atoms with E-state index in [0.29, 0.717) is 16.9 Å². The Morgan fingerprint density at radius 1 is 1.40 bits per heavy atom. The number of H-pyrrole nitrogens is 1. The largest absolute Gasteiger partial charge is 0.384 e.